The number of nitrogens with one attached hydrogen (secondary N) is 1. The van der Waals surface area contributed by atoms with E-state index in [1.165, 1.54) is 6.07 Å². The van der Waals surface area contributed by atoms with E-state index < -0.39 is 16.9 Å². The molecule has 2 aliphatic heterocycles. The quantitative estimate of drug-likeness (QED) is 0.479. The smallest absolute Gasteiger partial charge is 0.354 e. The minimum absolute atomic E-state index is 0.0132. The number of pyridine rings is 1. The third kappa shape index (κ3) is 4.27. The molecule has 30 heavy (non-hydrogen) atoms. The molecule has 0 aliphatic carbocycles. The van der Waals surface area contributed by atoms with Gasteiger partial charge in [-0.3, -0.25) is 13.8 Å². The van der Waals surface area contributed by atoms with E-state index >= 15 is 0 Å². The lowest BCUT2D eigenvalue weighted by molar-refractivity contribution is 0.0690. The van der Waals surface area contributed by atoms with Gasteiger partial charge >= 0.3 is 5.97 Å². The molecule has 1 fully saturated rings. The average molecular weight is 433 g/mol. The number of carboxylic acid groups (broad SMARTS) is 1. The Kier molecular flexibility index (Phi) is 5.41. The zero-order valence-electron chi connectivity index (χ0n) is 16.1. The molecule has 4 rings (SSSR count). The van der Waals surface area contributed by atoms with Gasteiger partial charge in [0.05, 0.1) is 17.9 Å². The van der Waals surface area contributed by atoms with Crippen molar-refractivity contribution in [3.8, 4) is 5.75 Å². The number of amidine groups is 1. The second-order valence-electron chi connectivity index (χ2n) is 7.23. The van der Waals surface area contributed by atoms with Gasteiger partial charge in [0.2, 0.25) is 0 Å². The Morgan fingerprint density at radius 3 is 2.90 bits per heavy atom. The minimum Gasteiger partial charge on any atom is -0.492 e. The van der Waals surface area contributed by atoms with Crippen molar-refractivity contribution in [1.82, 2.24) is 4.98 Å². The molecule has 0 amide bonds. The van der Waals surface area contributed by atoms with Crippen LogP contribution in [0.3, 0.4) is 0 Å². The van der Waals surface area contributed by atoms with E-state index in [9.17, 15) is 13.9 Å². The van der Waals surface area contributed by atoms with Crippen molar-refractivity contribution in [1.29, 1.82) is 0 Å². The summed E-state index contributed by atoms with van der Waals surface area (Å²) in [5.74, 6) is 0.327. The Morgan fingerprint density at radius 2 is 2.10 bits per heavy atom. The van der Waals surface area contributed by atoms with Crippen LogP contribution in [0.15, 0.2) is 40.8 Å². The van der Waals surface area contributed by atoms with E-state index in [4.69, 9.17) is 15.6 Å². The topological polar surface area (TPSA) is 154 Å². The number of nitrogens with two attached hydrogens (primary N) is 1. The van der Waals surface area contributed by atoms with Gasteiger partial charge in [0.25, 0.3) is 0 Å². The highest BCUT2D eigenvalue weighted by molar-refractivity contribution is 8.24. The third-order valence-corrected chi connectivity index (χ3v) is 5.97. The summed E-state index contributed by atoms with van der Waals surface area (Å²) in [6.45, 7) is 1.91. The lowest BCUT2D eigenvalue weighted by Crippen LogP contribution is -2.38. The molecule has 2 aliphatic rings. The first-order chi connectivity index (χ1) is 14.3. The number of fused-ring (bicyclic) bond motifs is 1. The van der Waals surface area contributed by atoms with E-state index in [0.29, 0.717) is 36.0 Å². The molecule has 1 aromatic heterocycles. The highest BCUT2D eigenvalue weighted by atomic mass is 32.3. The summed E-state index contributed by atoms with van der Waals surface area (Å²) in [5.41, 5.74) is 6.92. The van der Waals surface area contributed by atoms with Crippen LogP contribution in [0.4, 0.5) is 11.5 Å². The number of benzene rings is 1. The number of rotatable bonds is 5. The van der Waals surface area contributed by atoms with Gasteiger partial charge in [-0.1, -0.05) is 12.1 Å². The van der Waals surface area contributed by atoms with Crippen LogP contribution in [0.1, 0.15) is 28.9 Å². The molecule has 1 atom stereocenters. The predicted octanol–water partition coefficient (Wildman–Crippen LogP) is 2.79. The number of carbonyl (C=O) groups is 1. The number of ether oxygens (including phenoxy) is 1. The first-order valence-electron chi connectivity index (χ1n) is 9.45. The predicted molar refractivity (Wildman–Crippen MR) is 115 cm³/mol. The van der Waals surface area contributed by atoms with Gasteiger partial charge in [0, 0.05) is 19.0 Å². The number of piperidine rings is 1. The Hall–Kier alpha value is -3.02. The SMILES string of the molecule is NC1=NS(O)(O)Nc2cccc(OCC3CCCN(c4cccc(C(=O)O)n4)C3)c21. The monoisotopic (exact) mass is 433 g/mol. The van der Waals surface area contributed by atoms with E-state index in [2.05, 4.69) is 19.0 Å². The van der Waals surface area contributed by atoms with Crippen LogP contribution >= 0.6 is 11.0 Å². The summed E-state index contributed by atoms with van der Waals surface area (Å²) in [6.07, 6.45) is 1.90. The summed E-state index contributed by atoms with van der Waals surface area (Å²) in [6, 6.07) is 10.2. The number of nitrogens with zero attached hydrogens (tertiary/aromatic N) is 3. The summed E-state index contributed by atoms with van der Waals surface area (Å²) in [7, 11) is -3.34. The van der Waals surface area contributed by atoms with E-state index in [1.54, 1.807) is 24.3 Å². The molecule has 3 heterocycles. The molecule has 0 spiro atoms. The van der Waals surface area contributed by atoms with Gasteiger partial charge in [0.1, 0.15) is 11.6 Å². The van der Waals surface area contributed by atoms with Gasteiger partial charge in [-0.2, -0.15) is 0 Å². The molecule has 1 unspecified atom stereocenters. The van der Waals surface area contributed by atoms with Crippen molar-refractivity contribution >= 4 is 34.3 Å². The molecule has 2 aromatic rings. The average Bonchev–Trinajstić information content (AvgIpc) is 2.71. The molecule has 0 saturated carbocycles. The summed E-state index contributed by atoms with van der Waals surface area (Å²) >= 11 is 0. The van der Waals surface area contributed by atoms with Crippen LogP contribution in [0.2, 0.25) is 0 Å². The lowest BCUT2D eigenvalue weighted by Gasteiger charge is -2.35. The van der Waals surface area contributed by atoms with Crippen LogP contribution in [0.25, 0.3) is 0 Å². The first kappa shape index (κ1) is 20.3. The number of hydrogen-bond acceptors (Lipinski definition) is 9. The van der Waals surface area contributed by atoms with Crippen molar-refractivity contribution in [2.45, 2.75) is 12.8 Å². The van der Waals surface area contributed by atoms with Crippen molar-refractivity contribution in [3.63, 3.8) is 0 Å². The molecule has 0 radical (unpaired) electrons. The molecule has 11 heteroatoms. The van der Waals surface area contributed by atoms with Crippen LogP contribution in [-0.4, -0.2) is 50.7 Å². The van der Waals surface area contributed by atoms with Crippen molar-refractivity contribution in [3.05, 3.63) is 47.7 Å². The van der Waals surface area contributed by atoms with Crippen LogP contribution in [0.5, 0.6) is 5.75 Å². The van der Waals surface area contributed by atoms with Crippen LogP contribution < -0.4 is 20.1 Å². The number of aromatic nitrogens is 1. The third-order valence-electron chi connectivity index (χ3n) is 5.03. The summed E-state index contributed by atoms with van der Waals surface area (Å²) in [4.78, 5) is 17.5. The van der Waals surface area contributed by atoms with Gasteiger partial charge in [0.15, 0.2) is 11.5 Å². The molecular formula is C19H23N5O5S. The van der Waals surface area contributed by atoms with Crippen molar-refractivity contribution in [2.75, 3.05) is 29.3 Å². The minimum atomic E-state index is -3.34. The number of carboxylic acids is 1. The number of anilines is 2. The van der Waals surface area contributed by atoms with E-state index in [1.807, 2.05) is 6.07 Å². The van der Waals surface area contributed by atoms with E-state index in [0.717, 1.165) is 19.4 Å². The first-order valence-corrected chi connectivity index (χ1v) is 11.0. The molecule has 0 bridgehead atoms. The zero-order chi connectivity index (χ0) is 21.3. The Labute approximate surface area is 175 Å². The van der Waals surface area contributed by atoms with Gasteiger partial charge in [-0.05, 0) is 48.1 Å². The molecule has 1 saturated heterocycles. The number of aromatic carboxylic acids is 1. The summed E-state index contributed by atoms with van der Waals surface area (Å²) in [5, 5.41) is 9.16. The van der Waals surface area contributed by atoms with Gasteiger partial charge < -0.3 is 20.5 Å². The highest BCUT2D eigenvalue weighted by Crippen LogP contribution is 2.46. The van der Waals surface area contributed by atoms with Crippen LogP contribution in [0, 0.1) is 5.92 Å². The van der Waals surface area contributed by atoms with Crippen molar-refractivity contribution in [2.24, 2.45) is 16.0 Å². The largest absolute Gasteiger partial charge is 0.492 e. The molecule has 6 N–H and O–H groups in total. The standard InChI is InChI=1S/C19H23N5O5S/c20-18-17-13(22-30(27,28)23-18)5-1-7-15(17)29-11-12-4-3-9-24(10-12)16-8-2-6-14(21-16)19(25)26/h1-2,5-8,12,22,27-28H,3-4,9-11H2,(H2,20,23)(H,25,26). The zero-order valence-corrected chi connectivity index (χ0v) is 16.9. The highest BCUT2D eigenvalue weighted by Gasteiger charge is 2.27. The van der Waals surface area contributed by atoms with Crippen molar-refractivity contribution < 1.29 is 23.7 Å². The fourth-order valence-corrected chi connectivity index (χ4v) is 4.57. The normalized spacial score (nSPS) is 21.1. The summed E-state index contributed by atoms with van der Waals surface area (Å²) < 4.78 is 31.9. The Balaban J connectivity index is 1.45. The van der Waals surface area contributed by atoms with Gasteiger partial charge in [-0.25, -0.2) is 9.78 Å². The Morgan fingerprint density at radius 1 is 1.30 bits per heavy atom. The van der Waals surface area contributed by atoms with E-state index in [-0.39, 0.29) is 17.4 Å². The fourth-order valence-electron chi connectivity index (χ4n) is 3.69. The fraction of sp³-hybridized carbons (Fsp3) is 0.316. The molecule has 1 aromatic carbocycles. The second kappa shape index (κ2) is 8.01. The Bertz CT molecular complexity index is 999. The van der Waals surface area contributed by atoms with Crippen LogP contribution in [-0.2, 0) is 0 Å². The number of hydrogen-bond donors (Lipinski definition) is 5. The molecule has 160 valence electrons. The molecular weight excluding hydrogens is 410 g/mol. The molecule has 10 nitrogen and oxygen atoms in total. The van der Waals surface area contributed by atoms with Gasteiger partial charge in [-0.15, -0.1) is 4.40 Å². The lowest BCUT2D eigenvalue weighted by atomic mass is 9.99. The maximum absolute atomic E-state index is 11.2. The maximum Gasteiger partial charge on any atom is 0.354 e. The second-order valence-corrected chi connectivity index (χ2v) is 8.65. The maximum atomic E-state index is 11.2.